The number of rotatable bonds is 4. The van der Waals surface area contributed by atoms with Crippen LogP contribution in [0.2, 0.25) is 0 Å². The number of anilines is 2. The number of thiophene rings is 1. The molecule has 0 radical (unpaired) electrons. The molecule has 0 bridgehead atoms. The van der Waals surface area contributed by atoms with Gasteiger partial charge in [-0.2, -0.15) is 11.3 Å². The summed E-state index contributed by atoms with van der Waals surface area (Å²) in [7, 11) is 3.86. The third kappa shape index (κ3) is 2.16. The van der Waals surface area contributed by atoms with Gasteiger partial charge in [-0.3, -0.25) is 4.57 Å². The Labute approximate surface area is 98.5 Å². The minimum absolute atomic E-state index is 0.442. The quantitative estimate of drug-likeness (QED) is 0.866. The number of nitrogen functional groups attached to an aromatic ring is 1. The molecule has 86 valence electrons. The van der Waals surface area contributed by atoms with E-state index in [2.05, 4.69) is 31.9 Å². The molecule has 0 aliphatic heterocycles. The lowest BCUT2D eigenvalue weighted by molar-refractivity contribution is 0.796. The Morgan fingerprint density at radius 1 is 1.50 bits per heavy atom. The van der Waals surface area contributed by atoms with Gasteiger partial charge in [0, 0.05) is 20.6 Å². The normalized spacial score (nSPS) is 10.6. The SMILES string of the molecule is CN(CCc1ccsc1)c1nnc(N)n1C. The Morgan fingerprint density at radius 2 is 2.31 bits per heavy atom. The van der Waals surface area contributed by atoms with Crippen molar-refractivity contribution >= 4 is 23.2 Å². The zero-order valence-corrected chi connectivity index (χ0v) is 10.2. The fourth-order valence-corrected chi connectivity index (χ4v) is 2.20. The lowest BCUT2D eigenvalue weighted by Crippen LogP contribution is -2.23. The lowest BCUT2D eigenvalue weighted by atomic mass is 10.2. The van der Waals surface area contributed by atoms with E-state index < -0.39 is 0 Å². The van der Waals surface area contributed by atoms with E-state index >= 15 is 0 Å². The van der Waals surface area contributed by atoms with Crippen molar-refractivity contribution in [1.82, 2.24) is 14.8 Å². The molecule has 0 atom stereocenters. The minimum Gasteiger partial charge on any atom is -0.368 e. The van der Waals surface area contributed by atoms with E-state index in [1.165, 1.54) is 5.56 Å². The average molecular weight is 237 g/mol. The maximum Gasteiger partial charge on any atom is 0.228 e. The highest BCUT2D eigenvalue weighted by atomic mass is 32.1. The largest absolute Gasteiger partial charge is 0.368 e. The highest BCUT2D eigenvalue weighted by molar-refractivity contribution is 7.07. The Balaban J connectivity index is 1.98. The molecule has 2 rings (SSSR count). The van der Waals surface area contributed by atoms with E-state index in [0.29, 0.717) is 5.95 Å². The van der Waals surface area contributed by atoms with Crippen molar-refractivity contribution in [3.8, 4) is 0 Å². The van der Waals surface area contributed by atoms with E-state index in [0.717, 1.165) is 18.9 Å². The fraction of sp³-hybridized carbons (Fsp3) is 0.400. The van der Waals surface area contributed by atoms with Crippen LogP contribution in [0.1, 0.15) is 5.56 Å². The second-order valence-corrected chi connectivity index (χ2v) is 4.50. The third-order valence-corrected chi connectivity index (χ3v) is 3.28. The number of aromatic nitrogens is 3. The van der Waals surface area contributed by atoms with Gasteiger partial charge >= 0.3 is 0 Å². The van der Waals surface area contributed by atoms with Gasteiger partial charge < -0.3 is 10.6 Å². The molecular weight excluding hydrogens is 222 g/mol. The summed E-state index contributed by atoms with van der Waals surface area (Å²) >= 11 is 1.72. The highest BCUT2D eigenvalue weighted by Gasteiger charge is 2.10. The van der Waals surface area contributed by atoms with Crippen LogP contribution in [0.5, 0.6) is 0 Å². The van der Waals surface area contributed by atoms with E-state index in [-0.39, 0.29) is 0 Å². The lowest BCUT2D eigenvalue weighted by Gasteiger charge is -2.16. The van der Waals surface area contributed by atoms with Crippen LogP contribution >= 0.6 is 11.3 Å². The second kappa shape index (κ2) is 4.52. The number of likely N-dealkylation sites (N-methyl/N-ethyl adjacent to an activating group) is 1. The van der Waals surface area contributed by atoms with E-state index in [9.17, 15) is 0 Å². The molecule has 0 aromatic carbocycles. The highest BCUT2D eigenvalue weighted by Crippen LogP contribution is 2.12. The summed E-state index contributed by atoms with van der Waals surface area (Å²) in [6.45, 7) is 0.905. The smallest absolute Gasteiger partial charge is 0.228 e. The molecule has 2 N–H and O–H groups in total. The maximum absolute atomic E-state index is 5.63. The predicted molar refractivity (Wildman–Crippen MR) is 66.7 cm³/mol. The van der Waals surface area contributed by atoms with E-state index in [1.807, 2.05) is 14.1 Å². The number of nitrogens with two attached hydrogens (primary N) is 1. The first-order valence-corrected chi connectivity index (χ1v) is 6.00. The van der Waals surface area contributed by atoms with Crippen LogP contribution in [-0.2, 0) is 13.5 Å². The van der Waals surface area contributed by atoms with Crippen LogP contribution in [0.4, 0.5) is 11.9 Å². The summed E-state index contributed by atoms with van der Waals surface area (Å²) < 4.78 is 1.79. The van der Waals surface area contributed by atoms with Crippen LogP contribution in [0, 0.1) is 0 Å². The standard InChI is InChI=1S/C10H15N5S/c1-14(5-3-8-4-6-16-7-8)10-13-12-9(11)15(10)2/h4,6-7H,3,5H2,1-2H3,(H2,11,12). The Hall–Kier alpha value is -1.56. The molecule has 0 saturated carbocycles. The Bertz CT molecular complexity index is 448. The van der Waals surface area contributed by atoms with Gasteiger partial charge in [-0.1, -0.05) is 0 Å². The van der Waals surface area contributed by atoms with Crippen LogP contribution in [0.25, 0.3) is 0 Å². The molecule has 0 saturated heterocycles. The summed E-state index contributed by atoms with van der Waals surface area (Å²) in [6.07, 6.45) is 1.01. The molecule has 2 aromatic rings. The molecule has 2 heterocycles. The monoisotopic (exact) mass is 237 g/mol. The van der Waals surface area contributed by atoms with Crippen molar-refractivity contribution in [2.45, 2.75) is 6.42 Å². The molecule has 0 aliphatic carbocycles. The molecule has 0 unspecified atom stereocenters. The molecule has 5 nitrogen and oxygen atoms in total. The van der Waals surface area contributed by atoms with Crippen molar-refractivity contribution in [2.75, 3.05) is 24.2 Å². The zero-order chi connectivity index (χ0) is 11.5. The van der Waals surface area contributed by atoms with E-state index in [4.69, 9.17) is 5.73 Å². The molecular formula is C10H15N5S. The second-order valence-electron chi connectivity index (χ2n) is 3.72. The van der Waals surface area contributed by atoms with Crippen LogP contribution in [0.3, 0.4) is 0 Å². The first kappa shape index (κ1) is 10.9. The fourth-order valence-electron chi connectivity index (χ4n) is 1.50. The van der Waals surface area contributed by atoms with E-state index in [1.54, 1.807) is 15.9 Å². The first-order chi connectivity index (χ1) is 7.68. The summed E-state index contributed by atoms with van der Waals surface area (Å²) in [4.78, 5) is 2.06. The van der Waals surface area contributed by atoms with Crippen LogP contribution in [-0.4, -0.2) is 28.4 Å². The van der Waals surface area contributed by atoms with Gasteiger partial charge in [0.2, 0.25) is 11.9 Å². The number of hydrogen-bond acceptors (Lipinski definition) is 5. The minimum atomic E-state index is 0.442. The Morgan fingerprint density at radius 3 is 2.88 bits per heavy atom. The van der Waals surface area contributed by atoms with Crippen molar-refractivity contribution in [1.29, 1.82) is 0 Å². The summed E-state index contributed by atoms with van der Waals surface area (Å²) in [6, 6.07) is 2.14. The number of hydrogen-bond donors (Lipinski definition) is 1. The Kier molecular flexibility index (Phi) is 3.09. The van der Waals surface area contributed by atoms with Gasteiger partial charge in [-0.15, -0.1) is 10.2 Å². The first-order valence-electron chi connectivity index (χ1n) is 5.05. The van der Waals surface area contributed by atoms with Gasteiger partial charge in [0.05, 0.1) is 0 Å². The zero-order valence-electron chi connectivity index (χ0n) is 9.42. The van der Waals surface area contributed by atoms with Crippen molar-refractivity contribution in [3.05, 3.63) is 22.4 Å². The third-order valence-electron chi connectivity index (χ3n) is 2.54. The maximum atomic E-state index is 5.63. The number of nitrogens with zero attached hydrogens (tertiary/aromatic N) is 4. The van der Waals surface area contributed by atoms with Crippen molar-refractivity contribution in [3.63, 3.8) is 0 Å². The van der Waals surface area contributed by atoms with Gasteiger partial charge in [-0.25, -0.2) is 0 Å². The molecule has 0 aliphatic rings. The van der Waals surface area contributed by atoms with Crippen molar-refractivity contribution in [2.24, 2.45) is 7.05 Å². The molecule has 6 heteroatoms. The summed E-state index contributed by atoms with van der Waals surface area (Å²) in [5.74, 6) is 1.24. The molecule has 0 fully saturated rings. The summed E-state index contributed by atoms with van der Waals surface area (Å²) in [5.41, 5.74) is 6.99. The average Bonchev–Trinajstić information content (AvgIpc) is 2.88. The topological polar surface area (TPSA) is 60.0 Å². The molecule has 2 aromatic heterocycles. The predicted octanol–water partition coefficient (Wildman–Crippen LogP) is 1.14. The van der Waals surface area contributed by atoms with Gasteiger partial charge in [0.1, 0.15) is 0 Å². The van der Waals surface area contributed by atoms with Gasteiger partial charge in [-0.05, 0) is 28.8 Å². The molecule has 0 amide bonds. The van der Waals surface area contributed by atoms with Crippen molar-refractivity contribution < 1.29 is 0 Å². The van der Waals surface area contributed by atoms with Crippen LogP contribution in [0.15, 0.2) is 16.8 Å². The van der Waals surface area contributed by atoms with Crippen LogP contribution < -0.4 is 10.6 Å². The van der Waals surface area contributed by atoms with Gasteiger partial charge in [0.25, 0.3) is 0 Å². The molecule has 0 spiro atoms. The summed E-state index contributed by atoms with van der Waals surface area (Å²) in [5, 5.41) is 12.1. The molecule has 16 heavy (non-hydrogen) atoms. The van der Waals surface area contributed by atoms with Gasteiger partial charge in [0.15, 0.2) is 0 Å².